The lowest BCUT2D eigenvalue weighted by molar-refractivity contribution is -0.255. The Kier molecular flexibility index (Phi) is 6.65. The smallest absolute Gasteiger partial charge is 0.161 e. The molecule has 0 bridgehead atoms. The molecule has 0 aromatic rings. The van der Waals surface area contributed by atoms with Gasteiger partial charge in [-0.3, -0.25) is 0 Å². The number of aliphatic hydroxyl groups excluding tert-OH is 1. The van der Waals surface area contributed by atoms with Crippen LogP contribution in [0.5, 0.6) is 0 Å². The highest BCUT2D eigenvalue weighted by molar-refractivity contribution is 4.98. The number of hydrogen-bond acceptors (Lipinski definition) is 4. The van der Waals surface area contributed by atoms with Crippen molar-refractivity contribution >= 4 is 0 Å². The summed E-state index contributed by atoms with van der Waals surface area (Å²) in [6.45, 7) is 9.97. The molecule has 5 atom stereocenters. The molecule has 0 aromatic heterocycles. The first-order chi connectivity index (χ1) is 9.19. The van der Waals surface area contributed by atoms with Crippen LogP contribution in [0.15, 0.2) is 12.2 Å². The quantitative estimate of drug-likeness (QED) is 0.736. The molecule has 4 heteroatoms. The second kappa shape index (κ2) is 7.55. The summed E-state index contributed by atoms with van der Waals surface area (Å²) < 4.78 is 11.7. The van der Waals surface area contributed by atoms with Gasteiger partial charge in [-0.15, -0.1) is 0 Å². The molecule has 1 saturated heterocycles. The van der Waals surface area contributed by atoms with E-state index in [2.05, 4.69) is 19.9 Å². The number of hydrogen-bond donors (Lipinski definition) is 2. The zero-order chi connectivity index (χ0) is 15.3. The van der Waals surface area contributed by atoms with E-state index in [1.54, 1.807) is 0 Å². The van der Waals surface area contributed by atoms with Crippen molar-refractivity contribution in [1.29, 1.82) is 0 Å². The van der Waals surface area contributed by atoms with Crippen LogP contribution >= 0.6 is 0 Å². The van der Waals surface area contributed by atoms with Crippen LogP contribution in [0, 0.1) is 5.92 Å². The van der Waals surface area contributed by atoms with Gasteiger partial charge in [-0.1, -0.05) is 19.1 Å². The molecule has 1 aliphatic heterocycles. The topological polar surface area (TPSA) is 64.7 Å². The molecule has 4 nitrogen and oxygen atoms in total. The molecule has 0 aromatic carbocycles. The Morgan fingerprint density at radius 3 is 2.70 bits per heavy atom. The first-order valence-corrected chi connectivity index (χ1v) is 7.64. The first kappa shape index (κ1) is 17.6. The lowest BCUT2D eigenvalue weighted by Gasteiger charge is -2.37. The van der Waals surface area contributed by atoms with Crippen LogP contribution < -0.4 is 5.73 Å². The van der Waals surface area contributed by atoms with Gasteiger partial charge in [-0.25, -0.2) is 0 Å². The van der Waals surface area contributed by atoms with Gasteiger partial charge in [-0.05, 0) is 47.0 Å². The summed E-state index contributed by atoms with van der Waals surface area (Å²) in [6, 6.07) is 0. The van der Waals surface area contributed by atoms with E-state index in [1.807, 2.05) is 26.8 Å². The molecule has 0 spiro atoms. The molecule has 118 valence electrons. The third-order valence-electron chi connectivity index (χ3n) is 3.62. The standard InChI is InChI=1S/C16H31NO3/c1-11-10-14(18)13(3)20-15(11)19-12(2)8-6-7-9-16(4,5)17/h7,9,11-15,18H,6,8,10,17H2,1-5H3/b9-7+/t11-,12-,13+,14-,15-/m1/s1. The minimum Gasteiger partial charge on any atom is -0.390 e. The monoisotopic (exact) mass is 285 g/mol. The predicted molar refractivity (Wildman–Crippen MR) is 81.3 cm³/mol. The zero-order valence-corrected chi connectivity index (χ0v) is 13.5. The van der Waals surface area contributed by atoms with Gasteiger partial charge < -0.3 is 20.3 Å². The van der Waals surface area contributed by atoms with E-state index >= 15 is 0 Å². The third-order valence-corrected chi connectivity index (χ3v) is 3.62. The highest BCUT2D eigenvalue weighted by Gasteiger charge is 2.33. The molecule has 1 fully saturated rings. The molecule has 1 rings (SSSR count). The van der Waals surface area contributed by atoms with Crippen LogP contribution in [0.3, 0.4) is 0 Å². The summed E-state index contributed by atoms with van der Waals surface area (Å²) >= 11 is 0. The van der Waals surface area contributed by atoms with E-state index in [0.717, 1.165) is 19.3 Å². The number of nitrogens with two attached hydrogens (primary N) is 1. The van der Waals surface area contributed by atoms with Crippen LogP contribution in [0.1, 0.15) is 53.9 Å². The fourth-order valence-electron chi connectivity index (χ4n) is 2.30. The summed E-state index contributed by atoms with van der Waals surface area (Å²) in [5.74, 6) is 0.224. The van der Waals surface area contributed by atoms with Crippen LogP contribution in [-0.4, -0.2) is 35.2 Å². The summed E-state index contributed by atoms with van der Waals surface area (Å²) in [5, 5.41) is 9.75. The normalized spacial score (nSPS) is 33.5. The van der Waals surface area contributed by atoms with E-state index < -0.39 is 0 Å². The minimum absolute atomic E-state index is 0.135. The fraction of sp³-hybridized carbons (Fsp3) is 0.875. The van der Waals surface area contributed by atoms with E-state index in [0.29, 0.717) is 0 Å². The van der Waals surface area contributed by atoms with Crippen molar-refractivity contribution in [3.05, 3.63) is 12.2 Å². The van der Waals surface area contributed by atoms with Gasteiger partial charge in [0.2, 0.25) is 0 Å². The maximum absolute atomic E-state index is 9.75. The molecule has 20 heavy (non-hydrogen) atoms. The number of allylic oxidation sites excluding steroid dienone is 1. The molecule has 3 N–H and O–H groups in total. The summed E-state index contributed by atoms with van der Waals surface area (Å²) in [5.41, 5.74) is 5.63. The SMILES string of the molecule is C[C@H](CC/C=C/C(C)(C)N)O[C@@H]1O[C@@H](C)[C@H](O)C[C@H]1C. The average Bonchev–Trinajstić information content (AvgIpc) is 2.30. The lowest BCUT2D eigenvalue weighted by Crippen LogP contribution is -2.44. The number of rotatable bonds is 6. The Balaban J connectivity index is 2.31. The number of ether oxygens (including phenoxy) is 2. The van der Waals surface area contributed by atoms with Gasteiger partial charge >= 0.3 is 0 Å². The van der Waals surface area contributed by atoms with Crippen LogP contribution in [-0.2, 0) is 9.47 Å². The Labute approximate surface area is 123 Å². The predicted octanol–water partition coefficient (Wildman–Crippen LogP) is 2.60. The minimum atomic E-state index is -0.380. The highest BCUT2D eigenvalue weighted by atomic mass is 16.7. The molecule has 0 saturated carbocycles. The Morgan fingerprint density at radius 1 is 1.45 bits per heavy atom. The van der Waals surface area contributed by atoms with Gasteiger partial charge in [0.05, 0.1) is 18.3 Å². The summed E-state index contributed by atoms with van der Waals surface area (Å²) in [6.07, 6.45) is 6.15. The van der Waals surface area contributed by atoms with Crippen molar-refractivity contribution in [2.45, 2.75) is 84.0 Å². The van der Waals surface area contributed by atoms with Crippen molar-refractivity contribution < 1.29 is 14.6 Å². The zero-order valence-electron chi connectivity index (χ0n) is 13.5. The van der Waals surface area contributed by atoms with Gasteiger partial charge in [0.15, 0.2) is 6.29 Å². The largest absolute Gasteiger partial charge is 0.390 e. The summed E-state index contributed by atoms with van der Waals surface area (Å²) in [4.78, 5) is 0. The molecule has 0 unspecified atom stereocenters. The van der Waals surface area contributed by atoms with Gasteiger partial charge in [0, 0.05) is 11.5 Å². The van der Waals surface area contributed by atoms with Crippen LogP contribution in [0.4, 0.5) is 0 Å². The maximum atomic E-state index is 9.75. The molecule has 0 amide bonds. The van der Waals surface area contributed by atoms with E-state index in [4.69, 9.17) is 15.2 Å². The highest BCUT2D eigenvalue weighted by Crippen LogP contribution is 2.27. The second-order valence-corrected chi connectivity index (χ2v) is 6.74. The Morgan fingerprint density at radius 2 is 2.10 bits per heavy atom. The Bertz CT molecular complexity index is 311. The van der Waals surface area contributed by atoms with Crippen molar-refractivity contribution in [2.24, 2.45) is 11.7 Å². The van der Waals surface area contributed by atoms with Gasteiger partial charge in [-0.2, -0.15) is 0 Å². The second-order valence-electron chi connectivity index (χ2n) is 6.74. The van der Waals surface area contributed by atoms with Crippen molar-refractivity contribution in [3.8, 4) is 0 Å². The molecular formula is C16H31NO3. The van der Waals surface area contributed by atoms with E-state index in [-0.39, 0.29) is 36.1 Å². The van der Waals surface area contributed by atoms with Crippen molar-refractivity contribution in [1.82, 2.24) is 0 Å². The fourth-order valence-corrected chi connectivity index (χ4v) is 2.30. The molecule has 0 aliphatic carbocycles. The molecule has 1 heterocycles. The molecule has 0 radical (unpaired) electrons. The van der Waals surface area contributed by atoms with E-state index in [1.165, 1.54) is 0 Å². The average molecular weight is 285 g/mol. The first-order valence-electron chi connectivity index (χ1n) is 7.64. The summed E-state index contributed by atoms with van der Waals surface area (Å²) in [7, 11) is 0. The lowest BCUT2D eigenvalue weighted by atomic mass is 9.96. The van der Waals surface area contributed by atoms with Crippen molar-refractivity contribution in [3.63, 3.8) is 0 Å². The Hall–Kier alpha value is -0.420. The van der Waals surface area contributed by atoms with Crippen LogP contribution in [0.2, 0.25) is 0 Å². The molecular weight excluding hydrogens is 254 g/mol. The van der Waals surface area contributed by atoms with Gasteiger partial charge in [0.25, 0.3) is 0 Å². The molecule has 1 aliphatic rings. The van der Waals surface area contributed by atoms with Crippen LogP contribution in [0.25, 0.3) is 0 Å². The van der Waals surface area contributed by atoms with Crippen molar-refractivity contribution in [2.75, 3.05) is 0 Å². The number of aliphatic hydroxyl groups is 1. The maximum Gasteiger partial charge on any atom is 0.161 e. The van der Waals surface area contributed by atoms with E-state index in [9.17, 15) is 5.11 Å². The van der Waals surface area contributed by atoms with Gasteiger partial charge in [0.1, 0.15) is 0 Å². The third kappa shape index (κ3) is 6.35.